The molecule has 0 spiro atoms. The van der Waals surface area contributed by atoms with Crippen LogP contribution in [0.15, 0.2) is 62.8 Å². The van der Waals surface area contributed by atoms with E-state index in [2.05, 4.69) is 72.5 Å². The zero-order valence-electron chi connectivity index (χ0n) is 21.1. The minimum absolute atomic E-state index is 0.543. The normalized spacial score (nSPS) is 12.5. The van der Waals surface area contributed by atoms with Gasteiger partial charge in [0, 0.05) is 26.4 Å². The van der Waals surface area contributed by atoms with Crippen LogP contribution in [0, 0.1) is 0 Å². The van der Waals surface area contributed by atoms with E-state index in [9.17, 15) is 8.42 Å². The van der Waals surface area contributed by atoms with Crippen LogP contribution in [0.3, 0.4) is 0 Å². The molecule has 2 aromatic carbocycles. The summed E-state index contributed by atoms with van der Waals surface area (Å²) in [6, 6.07) is 15.7. The molecule has 0 aromatic heterocycles. The molecule has 0 saturated heterocycles. The molecule has 2 rings (SSSR count). The Bertz CT molecular complexity index is 796. The summed E-state index contributed by atoms with van der Waals surface area (Å²) in [4.78, 5) is 23.1. The summed E-state index contributed by atoms with van der Waals surface area (Å²) in [6.07, 6.45) is 3.40. The van der Waals surface area contributed by atoms with Gasteiger partial charge in [0.1, 0.15) is 0 Å². The maximum absolute atomic E-state index is 11.3. The summed E-state index contributed by atoms with van der Waals surface area (Å²) < 4.78 is 24.6. The van der Waals surface area contributed by atoms with Crippen LogP contribution in [-0.2, 0) is 21.6 Å². The standard InChI is InChI=1S/C7H7BrOS.C7H7OS.9CH3.3Sn/c1-10(9)7-4-2-3-6(8)5-7;1-9(8)7-5-3-2-4-6-7;;;;;;;;;;;;/h2-5H,1H3;2-3,5-6H,1H3;9*1H3;;;. The van der Waals surface area contributed by atoms with Crippen LogP contribution in [0.25, 0.3) is 0 Å². The predicted octanol–water partition coefficient (Wildman–Crippen LogP) is 6.90. The fourth-order valence-electron chi connectivity index (χ4n) is 1.79. The fourth-order valence-corrected chi connectivity index (χ4v) is 7.14. The fraction of sp³-hybridized carbons (Fsp3) is 0.478. The summed E-state index contributed by atoms with van der Waals surface area (Å²) in [5.74, 6) is 0. The quantitative estimate of drug-likeness (QED) is 0.316. The van der Waals surface area contributed by atoms with E-state index in [0.717, 1.165) is 14.3 Å². The summed E-state index contributed by atoms with van der Waals surface area (Å²) in [5, 5.41) is 0. The van der Waals surface area contributed by atoms with E-state index in [1.165, 1.54) is 3.58 Å². The van der Waals surface area contributed by atoms with E-state index in [0.29, 0.717) is 0 Å². The molecule has 0 fully saturated rings. The number of hydrogen-bond donors (Lipinski definition) is 0. The number of halogens is 1. The second-order valence-electron chi connectivity index (χ2n) is 9.14. The van der Waals surface area contributed by atoms with E-state index < -0.39 is 79.5 Å². The van der Waals surface area contributed by atoms with Crippen molar-refractivity contribution >= 4 is 99.0 Å². The zero-order valence-corrected chi connectivity index (χ0v) is 32.9. The molecule has 2 aromatic rings. The number of hydrogen-bond acceptors (Lipinski definition) is 2. The van der Waals surface area contributed by atoms with Gasteiger partial charge in [-0.1, -0.05) is 22.0 Å². The van der Waals surface area contributed by atoms with Gasteiger partial charge in [-0.05, 0) is 18.2 Å². The first-order chi connectivity index (χ1) is 14.1. The summed E-state index contributed by atoms with van der Waals surface area (Å²) in [5.41, 5.74) is 0. The Balaban J connectivity index is 0. The summed E-state index contributed by atoms with van der Waals surface area (Å²) in [7, 11) is -1.71. The third-order valence-electron chi connectivity index (χ3n) is 3.16. The van der Waals surface area contributed by atoms with Gasteiger partial charge in [-0.25, -0.2) is 0 Å². The Kier molecular flexibility index (Phi) is 21.2. The Morgan fingerprint density at radius 3 is 1.35 bits per heavy atom. The van der Waals surface area contributed by atoms with Gasteiger partial charge < -0.3 is 0 Å². The van der Waals surface area contributed by atoms with Gasteiger partial charge in [-0.3, -0.25) is 4.21 Å². The van der Waals surface area contributed by atoms with Crippen LogP contribution in [0.4, 0.5) is 0 Å². The van der Waals surface area contributed by atoms with Gasteiger partial charge in [0.2, 0.25) is 0 Å². The molecule has 0 N–H and O–H groups in total. The van der Waals surface area contributed by atoms with Crippen LogP contribution >= 0.6 is 15.9 Å². The molecule has 8 heteroatoms. The van der Waals surface area contributed by atoms with Crippen molar-refractivity contribution in [1.82, 2.24) is 0 Å². The third-order valence-corrected chi connectivity index (χ3v) is 11.3. The third kappa shape index (κ3) is 21.9. The first-order valence-corrected chi connectivity index (χ1v) is 41.2. The van der Waals surface area contributed by atoms with Gasteiger partial charge in [0.05, 0.1) is 0 Å². The molecule has 0 aliphatic heterocycles. The number of benzene rings is 2. The molecule has 0 amide bonds. The molecule has 2 nitrogen and oxygen atoms in total. The van der Waals surface area contributed by atoms with Crippen molar-refractivity contribution in [3.05, 3.63) is 53.0 Å². The SMILES string of the molecule is CS(=O)c1ccc[c]([Sn]([CH3])([CH3])[CH3])c1.CS(=O)c1cccc(Br)c1.[CH3][Sn]([CH3])[CH3].[CH3][Sn]([CH3])[CH3]. The van der Waals surface area contributed by atoms with Crippen molar-refractivity contribution < 1.29 is 8.42 Å². The molecule has 176 valence electrons. The van der Waals surface area contributed by atoms with Crippen molar-refractivity contribution in [2.45, 2.75) is 54.2 Å². The molecule has 0 bridgehead atoms. The van der Waals surface area contributed by atoms with Crippen LogP contribution in [-0.4, -0.2) is 78.8 Å². The molecule has 2 radical (unpaired) electrons. The van der Waals surface area contributed by atoms with Crippen LogP contribution < -0.4 is 3.58 Å². The van der Waals surface area contributed by atoms with Crippen molar-refractivity contribution in [3.63, 3.8) is 0 Å². The van der Waals surface area contributed by atoms with Crippen LogP contribution in [0.1, 0.15) is 0 Å². The molecule has 2 atom stereocenters. The monoisotopic (exact) mass is 852 g/mol. The van der Waals surface area contributed by atoms with Gasteiger partial charge in [-0.2, -0.15) is 0 Å². The van der Waals surface area contributed by atoms with E-state index in [4.69, 9.17) is 0 Å². The topological polar surface area (TPSA) is 34.1 Å². The predicted molar refractivity (Wildman–Crippen MR) is 155 cm³/mol. The Morgan fingerprint density at radius 1 is 0.710 bits per heavy atom. The summed E-state index contributed by atoms with van der Waals surface area (Å²) >= 11 is 0.258. The van der Waals surface area contributed by atoms with Crippen molar-refractivity contribution in [3.8, 4) is 0 Å². The Morgan fingerprint density at radius 2 is 1.06 bits per heavy atom. The van der Waals surface area contributed by atoms with Gasteiger partial charge in [0.15, 0.2) is 0 Å². The van der Waals surface area contributed by atoms with Crippen molar-refractivity contribution in [2.24, 2.45) is 0 Å². The van der Waals surface area contributed by atoms with Gasteiger partial charge in [-0.15, -0.1) is 0 Å². The second kappa shape index (κ2) is 18.9. The molecule has 2 unspecified atom stereocenters. The zero-order chi connectivity index (χ0) is 24.8. The molecule has 0 saturated carbocycles. The van der Waals surface area contributed by atoms with E-state index in [1.807, 2.05) is 36.4 Å². The Hall–Kier alpha value is 1.62. The van der Waals surface area contributed by atoms with Gasteiger partial charge >= 0.3 is 156 Å². The maximum atomic E-state index is 11.3. The molecular weight excluding hydrogens is 808 g/mol. The molecule has 0 aliphatic carbocycles. The van der Waals surface area contributed by atoms with E-state index >= 15 is 0 Å². The Labute approximate surface area is 224 Å². The first kappa shape index (κ1) is 34.8. The van der Waals surface area contributed by atoms with E-state index in [1.54, 1.807) is 12.5 Å². The number of rotatable bonds is 3. The molecule has 0 heterocycles. The molecule has 0 aliphatic rings. The average Bonchev–Trinajstić information content (AvgIpc) is 2.60. The first-order valence-electron chi connectivity index (χ1n) is 10.1. The van der Waals surface area contributed by atoms with Crippen LogP contribution in [0.2, 0.25) is 44.5 Å². The minimum atomic E-state index is -1.95. The molecule has 31 heavy (non-hydrogen) atoms. The van der Waals surface area contributed by atoms with Crippen LogP contribution in [0.5, 0.6) is 0 Å². The van der Waals surface area contributed by atoms with Crippen molar-refractivity contribution in [1.29, 1.82) is 0 Å². The van der Waals surface area contributed by atoms with E-state index in [-0.39, 0.29) is 0 Å². The van der Waals surface area contributed by atoms with Gasteiger partial charge in [0.25, 0.3) is 0 Å². The average molecular weight is 850 g/mol. The molecular formula is C23H41BrO2S2Sn3. The second-order valence-corrected chi connectivity index (χ2v) is 44.4. The van der Waals surface area contributed by atoms with Crippen molar-refractivity contribution in [2.75, 3.05) is 12.5 Å². The summed E-state index contributed by atoms with van der Waals surface area (Å²) in [6.45, 7) is 0.